The van der Waals surface area contributed by atoms with E-state index in [1.54, 1.807) is 38.1 Å². The normalized spacial score (nSPS) is 10.3. The minimum absolute atomic E-state index is 0.103. The summed E-state index contributed by atoms with van der Waals surface area (Å²) in [5, 5.41) is 10.6. The summed E-state index contributed by atoms with van der Waals surface area (Å²) in [6, 6.07) is 10.5. The van der Waals surface area contributed by atoms with Gasteiger partial charge in [0, 0.05) is 22.8 Å². The molecule has 5 nitrogen and oxygen atoms in total. The van der Waals surface area contributed by atoms with Gasteiger partial charge in [0.1, 0.15) is 0 Å². The smallest absolute Gasteiger partial charge is 0.269 e. The van der Waals surface area contributed by atoms with Crippen LogP contribution >= 0.6 is 11.8 Å². The van der Waals surface area contributed by atoms with Gasteiger partial charge in [-0.2, -0.15) is 0 Å². The van der Waals surface area contributed by atoms with E-state index in [2.05, 4.69) is 0 Å². The van der Waals surface area contributed by atoms with Crippen LogP contribution in [0.5, 0.6) is 11.5 Å². The highest BCUT2D eigenvalue weighted by atomic mass is 32.2. The Morgan fingerprint density at radius 2 is 1.68 bits per heavy atom. The molecule has 0 spiro atoms. The maximum atomic E-state index is 10.6. The first-order chi connectivity index (χ1) is 10.5. The van der Waals surface area contributed by atoms with Crippen molar-refractivity contribution in [3.8, 4) is 11.5 Å². The van der Waals surface area contributed by atoms with Crippen LogP contribution in [0.3, 0.4) is 0 Å². The first-order valence-corrected chi connectivity index (χ1v) is 7.62. The highest BCUT2D eigenvalue weighted by Crippen LogP contribution is 2.33. The van der Waals surface area contributed by atoms with E-state index < -0.39 is 4.92 Å². The van der Waals surface area contributed by atoms with Crippen LogP contribution in [0.4, 0.5) is 5.69 Å². The van der Waals surface area contributed by atoms with Gasteiger partial charge in [-0.3, -0.25) is 10.1 Å². The van der Waals surface area contributed by atoms with Gasteiger partial charge in [0.2, 0.25) is 0 Å². The average molecular weight is 319 g/mol. The van der Waals surface area contributed by atoms with Crippen molar-refractivity contribution in [3.05, 3.63) is 57.6 Å². The highest BCUT2D eigenvalue weighted by Gasteiger charge is 2.09. The predicted molar refractivity (Wildman–Crippen MR) is 86.9 cm³/mol. The number of non-ortho nitro benzene ring substituents is 1. The minimum Gasteiger partial charge on any atom is -0.493 e. The molecule has 0 aromatic heterocycles. The summed E-state index contributed by atoms with van der Waals surface area (Å²) in [6.07, 6.45) is 0. The quantitative estimate of drug-likeness (QED) is 0.453. The van der Waals surface area contributed by atoms with Crippen LogP contribution in [0.15, 0.2) is 41.3 Å². The number of hydrogen-bond donors (Lipinski definition) is 0. The lowest BCUT2D eigenvalue weighted by atomic mass is 10.1. The van der Waals surface area contributed by atoms with Crippen molar-refractivity contribution >= 4 is 17.4 Å². The lowest BCUT2D eigenvalue weighted by Gasteiger charge is -2.12. The number of ether oxygens (including phenoxy) is 2. The summed E-state index contributed by atoms with van der Waals surface area (Å²) in [6.45, 7) is 2.02. The Morgan fingerprint density at radius 3 is 2.23 bits per heavy atom. The van der Waals surface area contributed by atoms with Crippen LogP contribution in [0, 0.1) is 17.0 Å². The lowest BCUT2D eigenvalue weighted by Crippen LogP contribution is -1.95. The van der Waals surface area contributed by atoms with Crippen molar-refractivity contribution in [1.29, 1.82) is 0 Å². The average Bonchev–Trinajstić information content (AvgIpc) is 2.53. The molecule has 0 radical (unpaired) electrons. The van der Waals surface area contributed by atoms with Crippen LogP contribution in [0.2, 0.25) is 0 Å². The Morgan fingerprint density at radius 1 is 1.09 bits per heavy atom. The van der Waals surface area contributed by atoms with Gasteiger partial charge in [0.15, 0.2) is 11.5 Å². The molecule has 0 unspecified atom stereocenters. The van der Waals surface area contributed by atoms with E-state index in [4.69, 9.17) is 9.47 Å². The summed E-state index contributed by atoms with van der Waals surface area (Å²) in [5.41, 5.74) is 2.36. The van der Waals surface area contributed by atoms with Crippen molar-refractivity contribution in [2.45, 2.75) is 17.6 Å². The molecule has 22 heavy (non-hydrogen) atoms. The Hall–Kier alpha value is -2.21. The molecular weight excluding hydrogens is 302 g/mol. The number of methoxy groups -OCH3 is 2. The van der Waals surface area contributed by atoms with Crippen molar-refractivity contribution in [2.24, 2.45) is 0 Å². The molecule has 0 bridgehead atoms. The van der Waals surface area contributed by atoms with Crippen molar-refractivity contribution < 1.29 is 14.4 Å². The van der Waals surface area contributed by atoms with Crippen molar-refractivity contribution in [1.82, 2.24) is 0 Å². The molecule has 2 rings (SSSR count). The van der Waals surface area contributed by atoms with E-state index in [0.29, 0.717) is 11.5 Å². The number of benzene rings is 2. The number of thioether (sulfide) groups is 1. The fourth-order valence-corrected chi connectivity index (χ4v) is 2.97. The predicted octanol–water partition coefficient (Wildman–Crippen LogP) is 4.21. The molecule has 0 amide bonds. The fraction of sp³-hybridized carbons (Fsp3) is 0.250. The molecule has 116 valence electrons. The highest BCUT2D eigenvalue weighted by molar-refractivity contribution is 7.98. The Labute approximate surface area is 133 Å². The molecule has 0 aliphatic carbocycles. The number of nitro benzene ring substituents is 1. The van der Waals surface area contributed by atoms with Gasteiger partial charge in [-0.05, 0) is 42.3 Å². The van der Waals surface area contributed by atoms with Crippen LogP contribution in [0.1, 0.15) is 11.1 Å². The van der Waals surface area contributed by atoms with Crippen LogP contribution < -0.4 is 9.47 Å². The molecule has 0 aliphatic rings. The van der Waals surface area contributed by atoms with E-state index in [0.717, 1.165) is 21.8 Å². The second-order valence-corrected chi connectivity index (χ2v) is 5.72. The Balaban J connectivity index is 2.12. The number of nitrogens with zero attached hydrogens (tertiary/aromatic N) is 1. The second kappa shape index (κ2) is 7.17. The second-order valence-electron chi connectivity index (χ2n) is 4.67. The van der Waals surface area contributed by atoms with E-state index in [-0.39, 0.29) is 5.69 Å². The van der Waals surface area contributed by atoms with Crippen LogP contribution in [-0.4, -0.2) is 19.1 Å². The molecular formula is C16H17NO4S. The van der Waals surface area contributed by atoms with Crippen molar-refractivity contribution in [2.75, 3.05) is 14.2 Å². The van der Waals surface area contributed by atoms with Gasteiger partial charge in [0.25, 0.3) is 5.69 Å². The van der Waals surface area contributed by atoms with Gasteiger partial charge in [-0.15, -0.1) is 11.8 Å². The topological polar surface area (TPSA) is 61.6 Å². The third kappa shape index (κ3) is 3.71. The Kier molecular flexibility index (Phi) is 5.27. The van der Waals surface area contributed by atoms with E-state index in [9.17, 15) is 10.1 Å². The third-order valence-corrected chi connectivity index (χ3v) is 4.34. The van der Waals surface area contributed by atoms with Crippen LogP contribution in [-0.2, 0) is 5.75 Å². The molecule has 0 N–H and O–H groups in total. The number of nitro groups is 1. The summed E-state index contributed by atoms with van der Waals surface area (Å²) in [7, 11) is 3.23. The van der Waals surface area contributed by atoms with E-state index >= 15 is 0 Å². The monoisotopic (exact) mass is 319 g/mol. The van der Waals surface area contributed by atoms with Gasteiger partial charge >= 0.3 is 0 Å². The van der Waals surface area contributed by atoms with Gasteiger partial charge < -0.3 is 9.47 Å². The number of rotatable bonds is 6. The summed E-state index contributed by atoms with van der Waals surface area (Å²) in [4.78, 5) is 11.2. The fourth-order valence-electron chi connectivity index (χ4n) is 2.00. The van der Waals surface area contributed by atoms with E-state index in [1.165, 1.54) is 12.1 Å². The zero-order chi connectivity index (χ0) is 16.1. The van der Waals surface area contributed by atoms with Gasteiger partial charge in [-0.1, -0.05) is 0 Å². The third-order valence-electron chi connectivity index (χ3n) is 3.28. The zero-order valence-electron chi connectivity index (χ0n) is 12.7. The molecule has 2 aromatic carbocycles. The maximum Gasteiger partial charge on any atom is 0.269 e. The summed E-state index contributed by atoms with van der Waals surface area (Å²) >= 11 is 1.62. The van der Waals surface area contributed by atoms with Gasteiger partial charge in [0.05, 0.1) is 19.1 Å². The number of aryl methyl sites for hydroxylation is 1. The number of hydrogen-bond acceptors (Lipinski definition) is 5. The molecule has 0 fully saturated rings. The molecule has 0 saturated carbocycles. The lowest BCUT2D eigenvalue weighted by molar-refractivity contribution is -0.384. The summed E-state index contributed by atoms with van der Waals surface area (Å²) < 4.78 is 10.6. The van der Waals surface area contributed by atoms with Crippen molar-refractivity contribution in [3.63, 3.8) is 0 Å². The maximum absolute atomic E-state index is 10.6. The molecule has 0 aliphatic heterocycles. The summed E-state index contributed by atoms with van der Waals surface area (Å²) in [5.74, 6) is 2.17. The minimum atomic E-state index is -0.396. The molecule has 0 atom stereocenters. The molecule has 2 aromatic rings. The molecule has 6 heteroatoms. The largest absolute Gasteiger partial charge is 0.493 e. The first kappa shape index (κ1) is 16.2. The molecule has 0 heterocycles. The van der Waals surface area contributed by atoms with Crippen LogP contribution in [0.25, 0.3) is 0 Å². The van der Waals surface area contributed by atoms with Gasteiger partial charge in [-0.25, -0.2) is 0 Å². The SMILES string of the molecule is COc1cc(C)c(CSc2ccc([N+](=O)[O-])cc2)cc1OC. The van der Waals surface area contributed by atoms with E-state index in [1.807, 2.05) is 19.1 Å². The Bertz CT molecular complexity index is 671. The zero-order valence-corrected chi connectivity index (χ0v) is 13.5. The molecule has 0 saturated heterocycles. The standard InChI is InChI=1S/C16H17NO4S/c1-11-8-15(20-2)16(21-3)9-12(11)10-22-14-6-4-13(5-7-14)17(18)19/h4-9H,10H2,1-3H3. The first-order valence-electron chi connectivity index (χ1n) is 6.64.